The minimum absolute atomic E-state index is 0.0960. The Morgan fingerprint density at radius 1 is 1.19 bits per heavy atom. The lowest BCUT2D eigenvalue weighted by atomic mass is 9.80. The molecule has 0 bridgehead atoms. The van der Waals surface area contributed by atoms with Crippen LogP contribution in [0.15, 0.2) is 30.3 Å². The van der Waals surface area contributed by atoms with Crippen molar-refractivity contribution in [3.8, 4) is 0 Å². The van der Waals surface area contributed by atoms with Crippen LogP contribution in [-0.2, 0) is 34.2 Å². The SMILES string of the molecule is CC(=O)O[C@@H]1C[C@@H]([C@@]2(c3ccccc3)O[C@@H](C(C)(C)C)OC2=O)CC1=O. The number of ether oxygens (including phenoxy) is 3. The molecule has 1 aromatic rings. The molecule has 0 radical (unpaired) electrons. The Hall–Kier alpha value is -2.21. The number of carbonyl (C=O) groups is 3. The third-order valence-corrected chi connectivity index (χ3v) is 4.91. The predicted octanol–water partition coefficient (Wildman–Crippen LogP) is 2.74. The summed E-state index contributed by atoms with van der Waals surface area (Å²) in [5.41, 5.74) is -1.13. The van der Waals surface area contributed by atoms with E-state index in [1.54, 1.807) is 12.1 Å². The average Bonchev–Trinajstić information content (AvgIpc) is 3.09. The number of rotatable bonds is 3. The van der Waals surface area contributed by atoms with Crippen molar-refractivity contribution in [2.24, 2.45) is 11.3 Å². The molecule has 2 aliphatic rings. The minimum Gasteiger partial charge on any atom is -0.455 e. The molecule has 1 aliphatic carbocycles. The zero-order chi connectivity index (χ0) is 19.1. The van der Waals surface area contributed by atoms with Crippen molar-refractivity contribution in [2.75, 3.05) is 0 Å². The number of hydrogen-bond acceptors (Lipinski definition) is 6. The van der Waals surface area contributed by atoms with Crippen molar-refractivity contribution in [3.63, 3.8) is 0 Å². The maximum Gasteiger partial charge on any atom is 0.345 e. The smallest absolute Gasteiger partial charge is 0.345 e. The van der Waals surface area contributed by atoms with Gasteiger partial charge in [0.1, 0.15) is 0 Å². The first kappa shape index (κ1) is 18.6. The van der Waals surface area contributed by atoms with Gasteiger partial charge in [-0.2, -0.15) is 0 Å². The van der Waals surface area contributed by atoms with Gasteiger partial charge in [0, 0.05) is 24.7 Å². The Bertz CT molecular complexity index is 720. The molecule has 140 valence electrons. The molecule has 1 saturated heterocycles. The minimum atomic E-state index is -1.37. The van der Waals surface area contributed by atoms with E-state index in [9.17, 15) is 14.4 Å². The second-order valence-electron chi connectivity index (χ2n) is 8.02. The molecule has 6 heteroatoms. The second kappa shape index (κ2) is 6.50. The van der Waals surface area contributed by atoms with E-state index in [0.717, 1.165) is 0 Å². The molecule has 1 saturated carbocycles. The first-order valence-corrected chi connectivity index (χ1v) is 8.79. The van der Waals surface area contributed by atoms with Gasteiger partial charge in [-0.15, -0.1) is 0 Å². The molecular formula is C20H24O6. The summed E-state index contributed by atoms with van der Waals surface area (Å²) in [6.45, 7) is 7.04. The van der Waals surface area contributed by atoms with Crippen molar-refractivity contribution in [1.82, 2.24) is 0 Å². The number of benzene rings is 1. The van der Waals surface area contributed by atoms with E-state index < -0.39 is 41.3 Å². The molecule has 1 heterocycles. The molecule has 1 aliphatic heterocycles. The van der Waals surface area contributed by atoms with Crippen LogP contribution in [0.5, 0.6) is 0 Å². The highest BCUT2D eigenvalue weighted by Crippen LogP contribution is 2.50. The maximum atomic E-state index is 13.0. The number of hydrogen-bond donors (Lipinski definition) is 0. The summed E-state index contributed by atoms with van der Waals surface area (Å²) in [5, 5.41) is 0. The van der Waals surface area contributed by atoms with Crippen molar-refractivity contribution < 1.29 is 28.6 Å². The van der Waals surface area contributed by atoms with Gasteiger partial charge in [0.05, 0.1) is 0 Å². The third kappa shape index (κ3) is 3.14. The Morgan fingerprint density at radius 3 is 2.38 bits per heavy atom. The summed E-state index contributed by atoms with van der Waals surface area (Å²) in [7, 11) is 0. The summed E-state index contributed by atoms with van der Waals surface area (Å²) in [6.07, 6.45) is -1.24. The number of cyclic esters (lactones) is 1. The number of ketones is 1. The number of carbonyl (C=O) groups excluding carboxylic acids is 3. The standard InChI is InChI=1S/C20H24O6/c1-12(21)24-16-11-14(10-15(16)22)20(13-8-6-5-7-9-13)17(23)25-18(26-20)19(2,3)4/h5-9,14,16,18H,10-11H2,1-4H3/t14-,16+,18-,20+/m0/s1. The molecule has 26 heavy (non-hydrogen) atoms. The second-order valence-corrected chi connectivity index (χ2v) is 8.02. The summed E-state index contributed by atoms with van der Waals surface area (Å²) >= 11 is 0. The summed E-state index contributed by atoms with van der Waals surface area (Å²) in [5.74, 6) is -1.66. The highest BCUT2D eigenvalue weighted by molar-refractivity contribution is 5.90. The molecule has 0 N–H and O–H groups in total. The van der Waals surface area contributed by atoms with Gasteiger partial charge in [0.25, 0.3) is 0 Å². The number of esters is 2. The monoisotopic (exact) mass is 360 g/mol. The molecule has 4 atom stereocenters. The number of Topliss-reactive ketones (excluding diaryl/α,β-unsaturated/α-hetero) is 1. The lowest BCUT2D eigenvalue weighted by Crippen LogP contribution is -2.41. The van der Waals surface area contributed by atoms with Crippen molar-refractivity contribution in [2.45, 2.75) is 58.5 Å². The Morgan fingerprint density at radius 2 is 1.85 bits per heavy atom. The van der Waals surface area contributed by atoms with Crippen LogP contribution in [0.3, 0.4) is 0 Å². The third-order valence-electron chi connectivity index (χ3n) is 4.91. The molecule has 0 aromatic heterocycles. The summed E-state index contributed by atoms with van der Waals surface area (Å²) in [4.78, 5) is 36.6. The molecule has 2 fully saturated rings. The molecule has 1 aromatic carbocycles. The largest absolute Gasteiger partial charge is 0.455 e. The van der Waals surface area contributed by atoms with Crippen molar-refractivity contribution in [3.05, 3.63) is 35.9 Å². The molecule has 3 rings (SSSR count). The highest BCUT2D eigenvalue weighted by atomic mass is 16.8. The fraction of sp³-hybridized carbons (Fsp3) is 0.550. The summed E-state index contributed by atoms with van der Waals surface area (Å²) < 4.78 is 16.9. The Kier molecular flexibility index (Phi) is 4.65. The first-order chi connectivity index (χ1) is 12.1. The van der Waals surface area contributed by atoms with Crippen LogP contribution >= 0.6 is 0 Å². The van der Waals surface area contributed by atoms with Gasteiger partial charge in [0.15, 0.2) is 17.5 Å². The maximum absolute atomic E-state index is 13.0. The van der Waals surface area contributed by atoms with Gasteiger partial charge in [-0.3, -0.25) is 9.59 Å². The van der Waals surface area contributed by atoms with Crippen LogP contribution in [0.1, 0.15) is 46.1 Å². The topological polar surface area (TPSA) is 78.9 Å². The average molecular weight is 360 g/mol. The lowest BCUT2D eigenvalue weighted by Gasteiger charge is -2.32. The van der Waals surface area contributed by atoms with Crippen LogP contribution in [0, 0.1) is 11.3 Å². The molecular weight excluding hydrogens is 336 g/mol. The first-order valence-electron chi connectivity index (χ1n) is 8.79. The van der Waals surface area contributed by atoms with Crippen molar-refractivity contribution in [1.29, 1.82) is 0 Å². The van der Waals surface area contributed by atoms with Gasteiger partial charge >= 0.3 is 11.9 Å². The van der Waals surface area contributed by atoms with Crippen molar-refractivity contribution >= 4 is 17.7 Å². The zero-order valence-electron chi connectivity index (χ0n) is 15.5. The summed E-state index contributed by atoms with van der Waals surface area (Å²) in [6, 6.07) is 9.09. The molecule has 6 nitrogen and oxygen atoms in total. The molecule has 0 unspecified atom stereocenters. The van der Waals surface area contributed by atoms with Gasteiger partial charge in [-0.1, -0.05) is 51.1 Å². The van der Waals surface area contributed by atoms with E-state index in [2.05, 4.69) is 0 Å². The van der Waals surface area contributed by atoms with Gasteiger partial charge < -0.3 is 14.2 Å². The van der Waals surface area contributed by atoms with Gasteiger partial charge in [0.2, 0.25) is 6.29 Å². The van der Waals surface area contributed by atoms with Crippen LogP contribution in [-0.4, -0.2) is 30.1 Å². The van der Waals surface area contributed by atoms with Gasteiger partial charge in [-0.25, -0.2) is 4.79 Å². The molecule has 0 spiro atoms. The van der Waals surface area contributed by atoms with E-state index in [1.807, 2.05) is 39.0 Å². The normalized spacial score (nSPS) is 31.8. The Labute approximate surface area is 152 Å². The van der Waals surface area contributed by atoms with E-state index in [1.165, 1.54) is 6.92 Å². The molecule has 0 amide bonds. The van der Waals surface area contributed by atoms with Crippen LogP contribution in [0.4, 0.5) is 0 Å². The fourth-order valence-corrected chi connectivity index (χ4v) is 3.62. The van der Waals surface area contributed by atoms with E-state index >= 15 is 0 Å². The highest BCUT2D eigenvalue weighted by Gasteiger charge is 2.61. The Balaban J connectivity index is 2.00. The van der Waals surface area contributed by atoms with E-state index in [4.69, 9.17) is 14.2 Å². The quantitative estimate of drug-likeness (QED) is 0.771. The van der Waals surface area contributed by atoms with Crippen LogP contribution in [0.2, 0.25) is 0 Å². The lowest BCUT2D eigenvalue weighted by molar-refractivity contribution is -0.163. The van der Waals surface area contributed by atoms with Crippen LogP contribution in [0.25, 0.3) is 0 Å². The van der Waals surface area contributed by atoms with E-state index in [0.29, 0.717) is 5.56 Å². The van der Waals surface area contributed by atoms with E-state index in [-0.39, 0.29) is 18.6 Å². The van der Waals surface area contributed by atoms with Gasteiger partial charge in [-0.05, 0) is 12.0 Å². The van der Waals surface area contributed by atoms with Crippen LogP contribution < -0.4 is 0 Å². The zero-order valence-corrected chi connectivity index (χ0v) is 15.5. The fourth-order valence-electron chi connectivity index (χ4n) is 3.62. The predicted molar refractivity (Wildman–Crippen MR) is 91.8 cm³/mol.